The van der Waals surface area contributed by atoms with E-state index in [1.54, 1.807) is 6.92 Å². The van der Waals surface area contributed by atoms with E-state index in [4.69, 9.17) is 4.84 Å². The van der Waals surface area contributed by atoms with Gasteiger partial charge in [0.15, 0.2) is 5.76 Å². The lowest BCUT2D eigenvalue weighted by Crippen LogP contribution is -2.27. The monoisotopic (exact) mass is 323 g/mol. The number of likely N-dealkylation sites (N-methyl/N-ethyl adjacent to an activating group) is 1. The second-order valence-electron chi connectivity index (χ2n) is 5.03. The highest BCUT2D eigenvalue weighted by Gasteiger charge is 2.37. The lowest BCUT2D eigenvalue weighted by molar-refractivity contribution is -0.137. The number of carbonyl (C=O) groups excluding carboxylic acids is 1. The summed E-state index contributed by atoms with van der Waals surface area (Å²) in [7, 11) is 1.50. The van der Waals surface area contributed by atoms with E-state index in [9.17, 15) is 18.0 Å². The molecular weight excluding hydrogens is 311 g/mol. The number of hydrogen-bond acceptors (Lipinski definition) is 4. The van der Waals surface area contributed by atoms with Crippen LogP contribution in [0.4, 0.5) is 13.2 Å². The van der Waals surface area contributed by atoms with Crippen molar-refractivity contribution in [2.24, 2.45) is 4.99 Å². The Balaban J connectivity index is 2.28. The average Bonchev–Trinajstić information content (AvgIpc) is 2.81. The summed E-state index contributed by atoms with van der Waals surface area (Å²) in [5, 5.41) is 0. The molecule has 120 valence electrons. The van der Waals surface area contributed by atoms with Crippen LogP contribution >= 0.6 is 0 Å². The number of carbonyl (C=O) groups is 1. The zero-order chi connectivity index (χ0) is 16.8. The van der Waals surface area contributed by atoms with Gasteiger partial charge in [-0.05, 0) is 13.0 Å². The normalized spacial score (nSPS) is 18.0. The van der Waals surface area contributed by atoms with Gasteiger partial charge in [0.25, 0.3) is 5.91 Å². The fraction of sp³-hybridized carbons (Fsp3) is 0.200. The molecule has 0 aromatic heterocycles. The molecule has 1 aromatic carbocycles. The smallest absolute Gasteiger partial charge is 0.384 e. The number of rotatable bonds is 1. The topological polar surface area (TPSA) is 53.9 Å². The van der Waals surface area contributed by atoms with Crippen molar-refractivity contribution >= 4 is 17.8 Å². The minimum absolute atomic E-state index is 0.00229. The van der Waals surface area contributed by atoms with E-state index in [-0.39, 0.29) is 17.0 Å². The molecule has 23 heavy (non-hydrogen) atoms. The molecule has 0 unspecified atom stereocenters. The molecule has 5 nitrogen and oxygen atoms in total. The van der Waals surface area contributed by atoms with Crippen LogP contribution in [0.15, 0.2) is 46.4 Å². The summed E-state index contributed by atoms with van der Waals surface area (Å²) in [6.45, 7) is 1.61. The summed E-state index contributed by atoms with van der Waals surface area (Å²) in [5.41, 5.74) is 2.19. The molecule has 2 aliphatic rings. The molecule has 1 N–H and O–H groups in total. The number of hydrogen-bond donors (Lipinski definition) is 1. The Bertz CT molecular complexity index is 778. The summed E-state index contributed by atoms with van der Waals surface area (Å²) in [6, 6.07) is 5.07. The molecule has 8 heteroatoms. The first-order valence-corrected chi connectivity index (χ1v) is 6.67. The Morgan fingerprint density at radius 3 is 2.65 bits per heavy atom. The van der Waals surface area contributed by atoms with Crippen LogP contribution in [0.25, 0.3) is 5.70 Å². The van der Waals surface area contributed by atoms with Gasteiger partial charge in [-0.25, -0.2) is 10.5 Å². The highest BCUT2D eigenvalue weighted by molar-refractivity contribution is 6.28. The van der Waals surface area contributed by atoms with Crippen molar-refractivity contribution in [2.75, 3.05) is 7.05 Å². The summed E-state index contributed by atoms with van der Waals surface area (Å²) >= 11 is 0. The van der Waals surface area contributed by atoms with Crippen molar-refractivity contribution in [3.63, 3.8) is 0 Å². The molecule has 1 aromatic rings. The first kappa shape index (κ1) is 15.1. The Morgan fingerprint density at radius 2 is 1.96 bits per heavy atom. The molecule has 0 radical (unpaired) electrons. The zero-order valence-electron chi connectivity index (χ0n) is 12.2. The van der Waals surface area contributed by atoms with E-state index in [2.05, 4.69) is 10.5 Å². The SMILES string of the molecule is CC1=C2C(=C(c3ccccc3C(F)(F)F)N=CC(=O)N2C)NO1. The number of fused-ring (bicyclic) bond motifs is 1. The van der Waals surface area contributed by atoms with Gasteiger partial charge < -0.3 is 9.74 Å². The second kappa shape index (κ2) is 5.15. The van der Waals surface area contributed by atoms with Gasteiger partial charge in [0.05, 0.1) is 17.5 Å². The van der Waals surface area contributed by atoms with Gasteiger partial charge in [0, 0.05) is 12.6 Å². The van der Waals surface area contributed by atoms with Gasteiger partial charge in [-0.1, -0.05) is 18.2 Å². The Kier molecular flexibility index (Phi) is 3.39. The van der Waals surface area contributed by atoms with E-state index >= 15 is 0 Å². The highest BCUT2D eigenvalue weighted by atomic mass is 19.4. The third-order valence-corrected chi connectivity index (χ3v) is 3.57. The van der Waals surface area contributed by atoms with E-state index in [1.165, 1.54) is 30.1 Å². The van der Waals surface area contributed by atoms with Crippen LogP contribution in [0.1, 0.15) is 18.1 Å². The minimum Gasteiger partial charge on any atom is -0.384 e. The fourth-order valence-electron chi connectivity index (χ4n) is 2.49. The number of nitrogens with one attached hydrogen (secondary N) is 1. The molecule has 0 saturated heterocycles. The molecule has 0 aliphatic carbocycles. The number of nitrogens with zero attached hydrogens (tertiary/aromatic N) is 2. The summed E-state index contributed by atoms with van der Waals surface area (Å²) in [5.74, 6) is -0.0769. The van der Waals surface area contributed by atoms with Crippen molar-refractivity contribution in [2.45, 2.75) is 13.1 Å². The molecule has 0 fully saturated rings. The molecule has 2 heterocycles. The number of aliphatic imine (C=N–C) groups is 1. The highest BCUT2D eigenvalue weighted by Crippen LogP contribution is 2.39. The van der Waals surface area contributed by atoms with Crippen molar-refractivity contribution < 1.29 is 22.8 Å². The Morgan fingerprint density at radius 1 is 1.26 bits per heavy atom. The van der Waals surface area contributed by atoms with Crippen LogP contribution in [0.2, 0.25) is 0 Å². The molecule has 0 bridgehead atoms. The first-order chi connectivity index (χ1) is 10.8. The number of halogens is 3. The molecule has 0 atom stereocenters. The number of allylic oxidation sites excluding steroid dienone is 1. The van der Waals surface area contributed by atoms with Crippen LogP contribution in [0, 0.1) is 0 Å². The lowest BCUT2D eigenvalue weighted by atomic mass is 10.0. The molecule has 0 saturated carbocycles. The van der Waals surface area contributed by atoms with Gasteiger partial charge in [-0.2, -0.15) is 13.2 Å². The van der Waals surface area contributed by atoms with Gasteiger partial charge in [-0.3, -0.25) is 4.79 Å². The molecule has 3 rings (SSSR count). The fourth-order valence-corrected chi connectivity index (χ4v) is 2.49. The second-order valence-corrected chi connectivity index (χ2v) is 5.03. The summed E-state index contributed by atoms with van der Waals surface area (Å²) < 4.78 is 39.8. The number of hydroxylamine groups is 1. The number of alkyl halides is 3. The maximum absolute atomic E-state index is 13.3. The summed E-state index contributed by atoms with van der Waals surface area (Å²) in [6.07, 6.45) is -3.55. The largest absolute Gasteiger partial charge is 0.417 e. The van der Waals surface area contributed by atoms with Crippen molar-refractivity contribution in [3.8, 4) is 0 Å². The minimum atomic E-state index is -4.54. The quantitative estimate of drug-likeness (QED) is 0.864. The molecule has 2 aliphatic heterocycles. The Hall–Kier alpha value is -2.77. The predicted molar refractivity (Wildman–Crippen MR) is 76.5 cm³/mol. The van der Waals surface area contributed by atoms with E-state index in [1.807, 2.05) is 0 Å². The van der Waals surface area contributed by atoms with Crippen molar-refractivity contribution in [1.29, 1.82) is 0 Å². The van der Waals surface area contributed by atoms with Crippen LogP contribution in [0.3, 0.4) is 0 Å². The van der Waals surface area contributed by atoms with E-state index in [0.717, 1.165) is 12.3 Å². The van der Waals surface area contributed by atoms with Gasteiger partial charge >= 0.3 is 6.18 Å². The maximum Gasteiger partial charge on any atom is 0.417 e. The third kappa shape index (κ3) is 2.45. The van der Waals surface area contributed by atoms with E-state index < -0.39 is 17.6 Å². The third-order valence-electron chi connectivity index (χ3n) is 3.57. The van der Waals surface area contributed by atoms with Crippen LogP contribution in [0.5, 0.6) is 0 Å². The predicted octanol–water partition coefficient (Wildman–Crippen LogP) is 2.68. The molecule has 1 amide bonds. The van der Waals surface area contributed by atoms with E-state index in [0.29, 0.717) is 11.5 Å². The van der Waals surface area contributed by atoms with Crippen molar-refractivity contribution in [3.05, 3.63) is 52.5 Å². The Labute approximate surface area is 129 Å². The average molecular weight is 323 g/mol. The number of benzene rings is 1. The molecular formula is C15H12F3N3O2. The van der Waals surface area contributed by atoms with Gasteiger partial charge in [-0.15, -0.1) is 0 Å². The van der Waals surface area contributed by atoms with Crippen LogP contribution < -0.4 is 5.48 Å². The first-order valence-electron chi connectivity index (χ1n) is 6.67. The number of amides is 1. The molecule has 0 spiro atoms. The summed E-state index contributed by atoms with van der Waals surface area (Å²) in [4.78, 5) is 22.4. The lowest BCUT2D eigenvalue weighted by Gasteiger charge is -2.16. The zero-order valence-corrected chi connectivity index (χ0v) is 12.2. The van der Waals surface area contributed by atoms with Crippen LogP contribution in [-0.2, 0) is 15.8 Å². The van der Waals surface area contributed by atoms with Crippen LogP contribution in [-0.4, -0.2) is 24.1 Å². The van der Waals surface area contributed by atoms with Gasteiger partial charge in [0.2, 0.25) is 0 Å². The standard InChI is InChI=1S/C15H12F3N3O2/c1-8-14-13(20-23-8)12(19-7-11(22)21(14)2)9-5-3-4-6-10(9)15(16,17)18/h3-7,20H,1-2H3. The van der Waals surface area contributed by atoms with Crippen molar-refractivity contribution in [1.82, 2.24) is 10.4 Å². The maximum atomic E-state index is 13.3. The van der Waals surface area contributed by atoms with Gasteiger partial charge in [0.1, 0.15) is 11.4 Å².